The number of nitrogens with two attached hydrogens (primary N) is 1. The Bertz CT molecular complexity index is 310. The molecule has 72 valence electrons. The van der Waals surface area contributed by atoms with Crippen molar-refractivity contribution in [1.29, 1.82) is 0 Å². The second kappa shape index (κ2) is 3.99. The minimum atomic E-state index is -0.440. The molecule has 1 aromatic carbocycles. The van der Waals surface area contributed by atoms with Gasteiger partial charge >= 0.3 is 0 Å². The largest absolute Gasteiger partial charge is 0.496 e. The van der Waals surface area contributed by atoms with Gasteiger partial charge in [0, 0.05) is 0 Å². The molecule has 0 amide bonds. The number of halogens is 1. The van der Waals surface area contributed by atoms with Crippen molar-refractivity contribution in [2.45, 2.75) is 19.3 Å². The van der Waals surface area contributed by atoms with E-state index in [1.54, 1.807) is 7.11 Å². The van der Waals surface area contributed by atoms with Crippen LogP contribution in [0, 0.1) is 13.8 Å². The van der Waals surface area contributed by atoms with Crippen molar-refractivity contribution in [2.24, 2.45) is 5.73 Å². The highest BCUT2D eigenvalue weighted by molar-refractivity contribution is 6.20. The third kappa shape index (κ3) is 2.14. The number of benzene rings is 1. The number of rotatable bonds is 2. The number of hydrogen-bond donors (Lipinski definition) is 1. The fourth-order valence-corrected chi connectivity index (χ4v) is 1.56. The zero-order valence-corrected chi connectivity index (χ0v) is 8.85. The molecule has 0 heterocycles. The van der Waals surface area contributed by atoms with E-state index in [1.165, 1.54) is 0 Å². The highest BCUT2D eigenvalue weighted by Crippen LogP contribution is 2.26. The van der Waals surface area contributed by atoms with Crippen molar-refractivity contribution < 1.29 is 4.74 Å². The summed E-state index contributed by atoms with van der Waals surface area (Å²) >= 11 is 5.81. The third-order valence-corrected chi connectivity index (χ3v) is 2.32. The summed E-state index contributed by atoms with van der Waals surface area (Å²) in [6.07, 6.45) is 0. The van der Waals surface area contributed by atoms with Gasteiger partial charge in [-0.05, 0) is 42.7 Å². The van der Waals surface area contributed by atoms with Gasteiger partial charge in [-0.15, -0.1) is 11.6 Å². The Morgan fingerprint density at radius 2 is 1.92 bits per heavy atom. The van der Waals surface area contributed by atoms with Crippen molar-refractivity contribution in [3.05, 3.63) is 28.8 Å². The SMILES string of the molecule is COc1cc(C)c(C(N)Cl)cc1C. The molecule has 0 aromatic heterocycles. The molecule has 3 heteroatoms. The van der Waals surface area contributed by atoms with Gasteiger partial charge in [0.1, 0.15) is 11.3 Å². The summed E-state index contributed by atoms with van der Waals surface area (Å²) in [7, 11) is 1.65. The van der Waals surface area contributed by atoms with Crippen LogP contribution in [0.5, 0.6) is 5.75 Å². The van der Waals surface area contributed by atoms with E-state index in [0.29, 0.717) is 0 Å². The van der Waals surface area contributed by atoms with Crippen molar-refractivity contribution in [3.63, 3.8) is 0 Å². The second-order valence-corrected chi connectivity index (χ2v) is 3.55. The Morgan fingerprint density at radius 1 is 1.31 bits per heavy atom. The Kier molecular flexibility index (Phi) is 3.17. The van der Waals surface area contributed by atoms with Gasteiger partial charge in [0.05, 0.1) is 7.11 Å². The van der Waals surface area contributed by atoms with Crippen molar-refractivity contribution in [1.82, 2.24) is 0 Å². The predicted octanol–water partition coefficient (Wildman–Crippen LogP) is 2.51. The maximum Gasteiger partial charge on any atom is 0.122 e. The molecule has 0 fully saturated rings. The summed E-state index contributed by atoms with van der Waals surface area (Å²) in [6, 6.07) is 3.92. The number of methoxy groups -OCH3 is 1. The first kappa shape index (κ1) is 10.4. The molecule has 0 spiro atoms. The van der Waals surface area contributed by atoms with Gasteiger partial charge < -0.3 is 10.5 Å². The summed E-state index contributed by atoms with van der Waals surface area (Å²) in [5, 5.41) is 0. The molecule has 13 heavy (non-hydrogen) atoms. The number of alkyl halides is 1. The van der Waals surface area contributed by atoms with E-state index in [-0.39, 0.29) is 0 Å². The lowest BCUT2D eigenvalue weighted by Crippen LogP contribution is -2.05. The predicted molar refractivity (Wildman–Crippen MR) is 55.2 cm³/mol. The van der Waals surface area contributed by atoms with E-state index in [2.05, 4.69) is 0 Å². The van der Waals surface area contributed by atoms with Crippen LogP contribution in [0.3, 0.4) is 0 Å². The minimum Gasteiger partial charge on any atom is -0.496 e. The summed E-state index contributed by atoms with van der Waals surface area (Å²) in [4.78, 5) is 0. The molecule has 2 nitrogen and oxygen atoms in total. The van der Waals surface area contributed by atoms with Crippen LogP contribution in [0.2, 0.25) is 0 Å². The monoisotopic (exact) mass is 199 g/mol. The molecule has 0 saturated heterocycles. The van der Waals surface area contributed by atoms with Gasteiger partial charge in [-0.3, -0.25) is 0 Å². The summed E-state index contributed by atoms with van der Waals surface area (Å²) in [5.74, 6) is 0.874. The summed E-state index contributed by atoms with van der Waals surface area (Å²) in [5.41, 5.74) is 8.23. The van der Waals surface area contributed by atoms with E-state index in [0.717, 1.165) is 22.4 Å². The van der Waals surface area contributed by atoms with E-state index in [1.807, 2.05) is 26.0 Å². The Balaban J connectivity index is 3.20. The van der Waals surface area contributed by atoms with Crippen LogP contribution in [0.15, 0.2) is 12.1 Å². The molecule has 1 aromatic rings. The highest BCUT2D eigenvalue weighted by atomic mass is 35.5. The zero-order valence-electron chi connectivity index (χ0n) is 8.10. The molecule has 0 saturated carbocycles. The number of ether oxygens (including phenoxy) is 1. The van der Waals surface area contributed by atoms with Crippen molar-refractivity contribution >= 4 is 11.6 Å². The van der Waals surface area contributed by atoms with Crippen molar-refractivity contribution in [3.8, 4) is 5.75 Å². The van der Waals surface area contributed by atoms with Crippen LogP contribution in [0.25, 0.3) is 0 Å². The van der Waals surface area contributed by atoms with Crippen LogP contribution in [0.1, 0.15) is 22.2 Å². The first-order valence-corrected chi connectivity index (χ1v) is 4.54. The van der Waals surface area contributed by atoms with Crippen LogP contribution in [0.4, 0.5) is 0 Å². The normalized spacial score (nSPS) is 12.7. The molecule has 1 rings (SSSR count). The second-order valence-electron chi connectivity index (χ2n) is 3.08. The first-order valence-electron chi connectivity index (χ1n) is 4.11. The van der Waals surface area contributed by atoms with E-state index in [9.17, 15) is 0 Å². The number of aryl methyl sites for hydroxylation is 2. The quantitative estimate of drug-likeness (QED) is 0.587. The lowest BCUT2D eigenvalue weighted by Gasteiger charge is -2.12. The topological polar surface area (TPSA) is 35.2 Å². The van der Waals surface area contributed by atoms with Crippen LogP contribution in [-0.4, -0.2) is 7.11 Å². The third-order valence-electron chi connectivity index (χ3n) is 2.08. The molecule has 0 radical (unpaired) electrons. The molecule has 0 aliphatic rings. The Labute approximate surface area is 83.6 Å². The highest BCUT2D eigenvalue weighted by Gasteiger charge is 2.08. The maximum atomic E-state index is 5.81. The molecule has 1 unspecified atom stereocenters. The van der Waals surface area contributed by atoms with Gasteiger partial charge in [-0.1, -0.05) is 0 Å². The van der Waals surface area contributed by atoms with Gasteiger partial charge in [-0.2, -0.15) is 0 Å². The van der Waals surface area contributed by atoms with Crippen molar-refractivity contribution in [2.75, 3.05) is 7.11 Å². The van der Waals surface area contributed by atoms with Crippen LogP contribution in [-0.2, 0) is 0 Å². The average Bonchev–Trinajstić information content (AvgIpc) is 2.07. The number of hydrogen-bond acceptors (Lipinski definition) is 2. The van der Waals surface area contributed by atoms with Gasteiger partial charge in [0.25, 0.3) is 0 Å². The zero-order chi connectivity index (χ0) is 10.0. The first-order chi connectivity index (χ1) is 6.06. The van der Waals surface area contributed by atoms with E-state index < -0.39 is 5.50 Å². The van der Waals surface area contributed by atoms with E-state index in [4.69, 9.17) is 22.1 Å². The lowest BCUT2D eigenvalue weighted by atomic mass is 10.0. The van der Waals surface area contributed by atoms with Gasteiger partial charge in [0.2, 0.25) is 0 Å². The van der Waals surface area contributed by atoms with Gasteiger partial charge in [-0.25, -0.2) is 0 Å². The molecular formula is C10H14ClNO. The standard InChI is InChI=1S/C10H14ClNO/c1-6-5-9(13-3)7(2)4-8(6)10(11)12/h4-5,10H,12H2,1-3H3. The Morgan fingerprint density at radius 3 is 2.38 bits per heavy atom. The Hall–Kier alpha value is -0.730. The molecular weight excluding hydrogens is 186 g/mol. The summed E-state index contributed by atoms with van der Waals surface area (Å²) in [6.45, 7) is 3.95. The molecule has 0 bridgehead atoms. The van der Waals surface area contributed by atoms with Crippen LogP contribution < -0.4 is 10.5 Å². The molecule has 2 N–H and O–H groups in total. The fourth-order valence-electron chi connectivity index (χ4n) is 1.33. The van der Waals surface area contributed by atoms with Crippen LogP contribution >= 0.6 is 11.6 Å². The molecule has 1 atom stereocenters. The molecule has 0 aliphatic carbocycles. The molecule has 0 aliphatic heterocycles. The average molecular weight is 200 g/mol. The van der Waals surface area contributed by atoms with E-state index >= 15 is 0 Å². The smallest absolute Gasteiger partial charge is 0.122 e. The minimum absolute atomic E-state index is 0.440. The fraction of sp³-hybridized carbons (Fsp3) is 0.400. The van der Waals surface area contributed by atoms with Gasteiger partial charge in [0.15, 0.2) is 0 Å². The maximum absolute atomic E-state index is 5.81. The summed E-state index contributed by atoms with van der Waals surface area (Å²) < 4.78 is 5.18. The lowest BCUT2D eigenvalue weighted by molar-refractivity contribution is 0.411.